The molecule has 5 atom stereocenters. The van der Waals surface area contributed by atoms with Crippen molar-refractivity contribution in [2.45, 2.75) is 95.9 Å². The smallest absolute Gasteiger partial charge is 0.171 e. The molecule has 0 radical (unpaired) electrons. The van der Waals surface area contributed by atoms with E-state index in [1.807, 2.05) is 6.08 Å². The molecule has 3 saturated carbocycles. The maximum atomic E-state index is 12.2. The standard InChI is InChI=1S/C31H42O3/c1-5-21-8-10-22(11-9-21)24-17-29(4)14-6-7-25(29)23-12-15-30(32)18-31(16-13-26(30)27(23)24)33-19-28(2,3)20-34-31/h5,8-11,23-25,32H,1,6-7,12-20H2,2-4H3/t23?,24-,25?,29+,30-/m1/s1. The van der Waals surface area contributed by atoms with Crippen molar-refractivity contribution < 1.29 is 14.6 Å². The van der Waals surface area contributed by atoms with Gasteiger partial charge < -0.3 is 14.6 Å². The highest BCUT2D eigenvalue weighted by Crippen LogP contribution is 2.65. The van der Waals surface area contributed by atoms with Crippen LogP contribution in [0, 0.1) is 22.7 Å². The van der Waals surface area contributed by atoms with Crippen LogP contribution in [0.5, 0.6) is 0 Å². The Morgan fingerprint density at radius 1 is 1.00 bits per heavy atom. The van der Waals surface area contributed by atoms with Gasteiger partial charge in [0.1, 0.15) is 0 Å². The lowest BCUT2D eigenvalue weighted by atomic mass is 9.51. The summed E-state index contributed by atoms with van der Waals surface area (Å²) in [5, 5.41) is 12.2. The summed E-state index contributed by atoms with van der Waals surface area (Å²) in [6.07, 6.45) is 11.5. The molecule has 0 amide bonds. The molecular formula is C31H42O3. The van der Waals surface area contributed by atoms with Gasteiger partial charge in [-0.15, -0.1) is 0 Å². The quantitative estimate of drug-likeness (QED) is 0.480. The van der Waals surface area contributed by atoms with Crippen LogP contribution in [0.15, 0.2) is 42.0 Å². The van der Waals surface area contributed by atoms with E-state index < -0.39 is 11.4 Å². The second-order valence-corrected chi connectivity index (χ2v) is 13.2. The molecule has 4 aliphatic carbocycles. The largest absolute Gasteiger partial charge is 0.385 e. The molecule has 3 nitrogen and oxygen atoms in total. The van der Waals surface area contributed by atoms with E-state index in [0.29, 0.717) is 36.9 Å². The summed E-state index contributed by atoms with van der Waals surface area (Å²) < 4.78 is 12.8. The maximum Gasteiger partial charge on any atom is 0.171 e. The molecule has 1 saturated heterocycles. The zero-order chi connectivity index (χ0) is 23.8. The Kier molecular flexibility index (Phi) is 5.27. The van der Waals surface area contributed by atoms with Gasteiger partial charge in [0.05, 0.1) is 18.8 Å². The monoisotopic (exact) mass is 462 g/mol. The van der Waals surface area contributed by atoms with Crippen molar-refractivity contribution in [3.63, 3.8) is 0 Å². The molecule has 0 aromatic heterocycles. The fourth-order valence-electron chi connectivity index (χ4n) is 8.42. The molecule has 1 aromatic rings. The summed E-state index contributed by atoms with van der Waals surface area (Å²) >= 11 is 0. The zero-order valence-corrected chi connectivity index (χ0v) is 21.4. The fraction of sp³-hybridized carbons (Fsp3) is 0.677. The summed E-state index contributed by atoms with van der Waals surface area (Å²) in [7, 11) is 0. The van der Waals surface area contributed by atoms with E-state index >= 15 is 0 Å². The third kappa shape index (κ3) is 3.57. The minimum absolute atomic E-state index is 0.0449. The van der Waals surface area contributed by atoms with Crippen LogP contribution >= 0.6 is 0 Å². The van der Waals surface area contributed by atoms with Crippen LogP contribution in [0.1, 0.15) is 95.6 Å². The number of aliphatic hydroxyl groups is 1. The van der Waals surface area contributed by atoms with Gasteiger partial charge in [-0.3, -0.25) is 0 Å². The number of benzene rings is 1. The lowest BCUT2D eigenvalue weighted by Crippen LogP contribution is -2.57. The van der Waals surface area contributed by atoms with Crippen LogP contribution < -0.4 is 0 Å². The summed E-state index contributed by atoms with van der Waals surface area (Å²) in [5.74, 6) is 1.17. The minimum atomic E-state index is -0.794. The van der Waals surface area contributed by atoms with Crippen molar-refractivity contribution in [1.29, 1.82) is 0 Å². The lowest BCUT2D eigenvalue weighted by molar-refractivity contribution is -0.322. The van der Waals surface area contributed by atoms with Gasteiger partial charge in [-0.25, -0.2) is 0 Å². The van der Waals surface area contributed by atoms with Crippen LogP contribution in [-0.2, 0) is 9.47 Å². The maximum absolute atomic E-state index is 12.2. The Morgan fingerprint density at radius 2 is 1.74 bits per heavy atom. The first kappa shape index (κ1) is 23.0. The molecule has 0 bridgehead atoms. The lowest BCUT2D eigenvalue weighted by Gasteiger charge is -2.57. The van der Waals surface area contributed by atoms with Crippen molar-refractivity contribution >= 4 is 6.08 Å². The average Bonchev–Trinajstić information content (AvgIpc) is 3.21. The molecule has 1 aromatic carbocycles. The Morgan fingerprint density at radius 3 is 2.44 bits per heavy atom. The van der Waals surface area contributed by atoms with Crippen LogP contribution in [0.3, 0.4) is 0 Å². The Hall–Kier alpha value is -1.42. The van der Waals surface area contributed by atoms with Crippen LogP contribution in [0.4, 0.5) is 0 Å². The van der Waals surface area contributed by atoms with Gasteiger partial charge in [0.25, 0.3) is 0 Å². The summed E-state index contributed by atoms with van der Waals surface area (Å²) in [5.41, 5.74) is 5.20. The van der Waals surface area contributed by atoms with Crippen molar-refractivity contribution in [3.8, 4) is 0 Å². The van der Waals surface area contributed by atoms with Gasteiger partial charge >= 0.3 is 0 Å². The van der Waals surface area contributed by atoms with Crippen LogP contribution in [0.25, 0.3) is 6.08 Å². The van der Waals surface area contributed by atoms with E-state index in [1.165, 1.54) is 42.4 Å². The molecule has 1 spiro atoms. The number of rotatable bonds is 2. The molecule has 1 N–H and O–H groups in total. The van der Waals surface area contributed by atoms with Crippen LogP contribution in [-0.4, -0.2) is 29.7 Å². The summed E-state index contributed by atoms with van der Waals surface area (Å²) in [6.45, 7) is 12.3. The summed E-state index contributed by atoms with van der Waals surface area (Å²) in [4.78, 5) is 0. The Labute approximate surface area is 205 Å². The normalized spacial score (nSPS) is 40.4. The second kappa shape index (κ2) is 7.79. The van der Waals surface area contributed by atoms with E-state index in [2.05, 4.69) is 51.6 Å². The van der Waals surface area contributed by atoms with E-state index in [4.69, 9.17) is 9.47 Å². The van der Waals surface area contributed by atoms with Gasteiger partial charge in [-0.1, -0.05) is 69.7 Å². The Balaban J connectivity index is 1.40. The van der Waals surface area contributed by atoms with Crippen molar-refractivity contribution in [3.05, 3.63) is 53.1 Å². The predicted molar refractivity (Wildman–Crippen MR) is 136 cm³/mol. The number of fused-ring (bicyclic) bond motifs is 4. The van der Waals surface area contributed by atoms with E-state index in [-0.39, 0.29) is 5.41 Å². The average molecular weight is 463 g/mol. The molecule has 2 unspecified atom stereocenters. The molecule has 184 valence electrons. The number of hydrogen-bond acceptors (Lipinski definition) is 3. The van der Waals surface area contributed by atoms with E-state index in [9.17, 15) is 5.11 Å². The van der Waals surface area contributed by atoms with Gasteiger partial charge in [0.2, 0.25) is 0 Å². The first-order valence-corrected chi connectivity index (χ1v) is 13.6. The topological polar surface area (TPSA) is 38.7 Å². The second-order valence-electron chi connectivity index (χ2n) is 13.2. The zero-order valence-electron chi connectivity index (χ0n) is 21.4. The molecule has 34 heavy (non-hydrogen) atoms. The van der Waals surface area contributed by atoms with Crippen molar-refractivity contribution in [2.24, 2.45) is 22.7 Å². The van der Waals surface area contributed by atoms with Crippen molar-refractivity contribution in [1.82, 2.24) is 0 Å². The number of ether oxygens (including phenoxy) is 2. The minimum Gasteiger partial charge on any atom is -0.385 e. The summed E-state index contributed by atoms with van der Waals surface area (Å²) in [6, 6.07) is 9.06. The highest BCUT2D eigenvalue weighted by Gasteiger charge is 2.58. The third-order valence-corrected chi connectivity index (χ3v) is 10.2. The Bertz CT molecular complexity index is 994. The van der Waals surface area contributed by atoms with Crippen LogP contribution in [0.2, 0.25) is 0 Å². The molecular weight excluding hydrogens is 420 g/mol. The molecule has 1 aliphatic heterocycles. The first-order chi connectivity index (χ1) is 16.2. The molecule has 1 heterocycles. The van der Waals surface area contributed by atoms with Gasteiger partial charge in [0.15, 0.2) is 5.79 Å². The molecule has 3 heteroatoms. The third-order valence-electron chi connectivity index (χ3n) is 10.2. The van der Waals surface area contributed by atoms with Gasteiger partial charge in [-0.2, -0.15) is 0 Å². The molecule has 6 rings (SSSR count). The van der Waals surface area contributed by atoms with E-state index in [0.717, 1.165) is 31.6 Å². The van der Waals surface area contributed by atoms with E-state index in [1.54, 1.807) is 5.57 Å². The predicted octanol–water partition coefficient (Wildman–Crippen LogP) is 7.01. The highest BCUT2D eigenvalue weighted by molar-refractivity contribution is 5.50. The van der Waals surface area contributed by atoms with Crippen molar-refractivity contribution in [2.75, 3.05) is 13.2 Å². The molecule has 5 aliphatic rings. The van der Waals surface area contributed by atoms with Gasteiger partial charge in [-0.05, 0) is 72.5 Å². The number of allylic oxidation sites excluding steroid dienone is 1. The molecule has 4 fully saturated rings. The van der Waals surface area contributed by atoms with Gasteiger partial charge in [0, 0.05) is 24.2 Å². The SMILES string of the molecule is C=Cc1ccc([C@H]2C[C@]3(C)CCCC3C3CC[C@@]4(O)CC5(CCC4=C32)OCC(C)(C)CO5)cc1. The highest BCUT2D eigenvalue weighted by atomic mass is 16.7. The number of hydrogen-bond donors (Lipinski definition) is 1. The first-order valence-electron chi connectivity index (χ1n) is 13.6. The fourth-order valence-corrected chi connectivity index (χ4v) is 8.42.